The molecule has 0 atom stereocenters. The van der Waals surface area contributed by atoms with Gasteiger partial charge in [-0.2, -0.15) is 11.3 Å². The van der Waals surface area contributed by atoms with E-state index in [1.165, 1.54) is 0 Å². The summed E-state index contributed by atoms with van der Waals surface area (Å²) in [7, 11) is 0. The second kappa shape index (κ2) is 7.92. The van der Waals surface area contributed by atoms with Crippen LogP contribution in [-0.4, -0.2) is 25.7 Å². The summed E-state index contributed by atoms with van der Waals surface area (Å²) in [5.41, 5.74) is 4.59. The van der Waals surface area contributed by atoms with Crippen LogP contribution in [-0.2, 0) is 11.2 Å². The lowest BCUT2D eigenvalue weighted by Crippen LogP contribution is -2.12. The van der Waals surface area contributed by atoms with Crippen molar-refractivity contribution in [1.29, 1.82) is 0 Å². The molecule has 5 rings (SSSR count). The molecular formula is C22H17N5O2S. The lowest BCUT2D eigenvalue weighted by atomic mass is 10.2. The number of aromatic nitrogens is 4. The van der Waals surface area contributed by atoms with Crippen molar-refractivity contribution in [3.05, 3.63) is 77.6 Å². The van der Waals surface area contributed by atoms with Crippen molar-refractivity contribution in [3.63, 3.8) is 0 Å². The molecule has 0 saturated carbocycles. The Hall–Kier alpha value is -3.78. The molecule has 1 N–H and O–H groups in total. The number of anilines is 1. The Bertz CT molecular complexity index is 1290. The molecule has 5 aromatic rings. The van der Waals surface area contributed by atoms with Crippen molar-refractivity contribution < 1.29 is 9.21 Å². The molecule has 7 nitrogen and oxygen atoms in total. The van der Waals surface area contributed by atoms with E-state index >= 15 is 0 Å². The standard InChI is InChI=1S/C22H17N5O2S/c28-20(9-10-21-25-26-22(29-21)15-11-12-30-13-15)24-16-5-7-17(8-6-16)27-14-23-18-3-1-2-4-19(18)27/h1-8,11-14H,9-10H2,(H,24,28). The molecule has 0 unspecified atom stereocenters. The van der Waals surface area contributed by atoms with Crippen molar-refractivity contribution in [2.45, 2.75) is 12.8 Å². The molecule has 8 heteroatoms. The minimum atomic E-state index is -0.105. The van der Waals surface area contributed by atoms with Gasteiger partial charge in [-0.3, -0.25) is 9.36 Å². The maximum Gasteiger partial charge on any atom is 0.248 e. The SMILES string of the molecule is O=C(CCc1nnc(-c2ccsc2)o1)Nc1ccc(-n2cnc3ccccc32)cc1. The number of carbonyl (C=O) groups excluding carboxylic acids is 1. The number of benzene rings is 2. The number of nitrogens with one attached hydrogen (secondary N) is 1. The molecule has 0 aliphatic rings. The molecule has 0 bridgehead atoms. The number of nitrogens with zero attached hydrogens (tertiary/aromatic N) is 4. The highest BCUT2D eigenvalue weighted by atomic mass is 32.1. The zero-order valence-corrected chi connectivity index (χ0v) is 16.7. The first kappa shape index (κ1) is 18.3. The number of fused-ring (bicyclic) bond motifs is 1. The summed E-state index contributed by atoms with van der Waals surface area (Å²) in [6, 6.07) is 17.5. The van der Waals surface area contributed by atoms with Crippen molar-refractivity contribution in [2.75, 3.05) is 5.32 Å². The van der Waals surface area contributed by atoms with Crippen LogP contribution in [0.15, 0.2) is 76.1 Å². The highest BCUT2D eigenvalue weighted by Crippen LogP contribution is 2.22. The average molecular weight is 415 g/mol. The van der Waals surface area contributed by atoms with Gasteiger partial charge in [-0.05, 0) is 47.8 Å². The first-order chi connectivity index (χ1) is 14.8. The summed E-state index contributed by atoms with van der Waals surface area (Å²) < 4.78 is 7.63. The Morgan fingerprint density at radius 3 is 2.77 bits per heavy atom. The lowest BCUT2D eigenvalue weighted by molar-refractivity contribution is -0.116. The number of carbonyl (C=O) groups is 1. The van der Waals surface area contributed by atoms with E-state index in [-0.39, 0.29) is 12.3 Å². The molecule has 0 spiro atoms. The van der Waals surface area contributed by atoms with Crippen molar-refractivity contribution in [1.82, 2.24) is 19.7 Å². The summed E-state index contributed by atoms with van der Waals surface area (Å²) in [4.78, 5) is 16.7. The Balaban J connectivity index is 1.20. The van der Waals surface area contributed by atoms with Gasteiger partial charge in [0.05, 0.1) is 11.0 Å². The third-order valence-electron chi connectivity index (χ3n) is 4.68. The fraction of sp³-hybridized carbons (Fsp3) is 0.0909. The van der Waals surface area contributed by atoms with Crippen LogP contribution in [0.5, 0.6) is 0 Å². The van der Waals surface area contributed by atoms with Crippen LogP contribution in [0.3, 0.4) is 0 Å². The van der Waals surface area contributed by atoms with E-state index in [0.717, 1.165) is 28.0 Å². The van der Waals surface area contributed by atoms with Gasteiger partial charge in [-0.25, -0.2) is 4.98 Å². The van der Waals surface area contributed by atoms with Crippen molar-refractivity contribution in [2.24, 2.45) is 0 Å². The molecule has 2 aromatic carbocycles. The lowest BCUT2D eigenvalue weighted by Gasteiger charge is -2.07. The fourth-order valence-corrected chi connectivity index (χ4v) is 3.80. The van der Waals surface area contributed by atoms with Crippen LogP contribution in [0, 0.1) is 0 Å². The fourth-order valence-electron chi connectivity index (χ4n) is 3.17. The predicted molar refractivity (Wildman–Crippen MR) is 116 cm³/mol. The third-order valence-corrected chi connectivity index (χ3v) is 5.37. The summed E-state index contributed by atoms with van der Waals surface area (Å²) in [5, 5.41) is 14.8. The first-order valence-corrected chi connectivity index (χ1v) is 10.4. The number of para-hydroxylation sites is 2. The highest BCUT2D eigenvalue weighted by molar-refractivity contribution is 7.08. The number of hydrogen-bond donors (Lipinski definition) is 1. The highest BCUT2D eigenvalue weighted by Gasteiger charge is 2.11. The number of rotatable bonds is 6. The maximum atomic E-state index is 12.3. The maximum absolute atomic E-state index is 12.3. The number of aryl methyl sites for hydroxylation is 1. The van der Waals surface area contributed by atoms with Crippen molar-refractivity contribution >= 4 is 34.0 Å². The smallest absolute Gasteiger partial charge is 0.248 e. The van der Waals surface area contributed by atoms with E-state index in [1.807, 2.05) is 69.9 Å². The van der Waals surface area contributed by atoms with Crippen molar-refractivity contribution in [3.8, 4) is 17.1 Å². The summed E-state index contributed by atoms with van der Waals surface area (Å²) >= 11 is 1.57. The Morgan fingerprint density at radius 2 is 1.93 bits per heavy atom. The molecular weight excluding hydrogens is 398 g/mol. The van der Waals surface area contributed by atoms with Gasteiger partial charge in [-0.15, -0.1) is 10.2 Å². The molecule has 148 valence electrons. The van der Waals surface area contributed by atoms with E-state index < -0.39 is 0 Å². The second-order valence-corrected chi connectivity index (χ2v) is 7.49. The zero-order valence-electron chi connectivity index (χ0n) is 15.9. The predicted octanol–water partition coefficient (Wildman–Crippen LogP) is 4.71. The molecule has 3 heterocycles. The molecule has 0 saturated heterocycles. The van der Waals surface area contributed by atoms with Crippen LogP contribution < -0.4 is 5.32 Å². The van der Waals surface area contributed by atoms with Gasteiger partial charge < -0.3 is 9.73 Å². The Morgan fingerprint density at radius 1 is 1.07 bits per heavy atom. The van der Waals surface area contributed by atoms with Gasteiger partial charge in [-0.1, -0.05) is 12.1 Å². The van der Waals surface area contributed by atoms with E-state index in [1.54, 1.807) is 17.7 Å². The van der Waals surface area contributed by atoms with Gasteiger partial charge in [0.2, 0.25) is 17.7 Å². The van der Waals surface area contributed by atoms with Crippen LogP contribution in [0.25, 0.3) is 28.2 Å². The van der Waals surface area contributed by atoms with Gasteiger partial charge in [0.25, 0.3) is 0 Å². The zero-order chi connectivity index (χ0) is 20.3. The third kappa shape index (κ3) is 3.72. The molecule has 0 fully saturated rings. The second-order valence-electron chi connectivity index (χ2n) is 6.71. The number of thiophene rings is 1. The minimum absolute atomic E-state index is 0.105. The molecule has 30 heavy (non-hydrogen) atoms. The van der Waals surface area contributed by atoms with Gasteiger partial charge in [0.15, 0.2) is 0 Å². The normalized spacial score (nSPS) is 11.1. The quantitative estimate of drug-likeness (QED) is 0.434. The van der Waals surface area contributed by atoms with E-state index in [2.05, 4.69) is 20.5 Å². The number of hydrogen-bond acceptors (Lipinski definition) is 6. The van der Waals surface area contributed by atoms with Crippen LogP contribution in [0.2, 0.25) is 0 Å². The molecule has 1 amide bonds. The minimum Gasteiger partial charge on any atom is -0.421 e. The molecule has 0 aliphatic heterocycles. The topological polar surface area (TPSA) is 85.8 Å². The van der Waals surface area contributed by atoms with Crippen LogP contribution in [0.1, 0.15) is 12.3 Å². The van der Waals surface area contributed by atoms with E-state index in [9.17, 15) is 4.79 Å². The first-order valence-electron chi connectivity index (χ1n) is 9.43. The monoisotopic (exact) mass is 415 g/mol. The van der Waals surface area contributed by atoms with Gasteiger partial charge in [0, 0.05) is 35.2 Å². The van der Waals surface area contributed by atoms with Gasteiger partial charge >= 0.3 is 0 Å². The number of amides is 1. The summed E-state index contributed by atoms with van der Waals surface area (Å²) in [6.07, 6.45) is 2.45. The molecule has 3 aromatic heterocycles. The molecule has 0 aliphatic carbocycles. The average Bonchev–Trinajstić information content (AvgIpc) is 3.53. The summed E-state index contributed by atoms with van der Waals surface area (Å²) in [6.45, 7) is 0. The Kier molecular flexibility index (Phi) is 4.82. The number of imidazole rings is 1. The summed E-state index contributed by atoms with van der Waals surface area (Å²) in [5.74, 6) is 0.828. The molecule has 0 radical (unpaired) electrons. The van der Waals surface area contributed by atoms with Crippen LogP contribution in [0.4, 0.5) is 5.69 Å². The van der Waals surface area contributed by atoms with E-state index in [4.69, 9.17) is 4.42 Å². The Labute approximate surface area is 176 Å². The van der Waals surface area contributed by atoms with E-state index in [0.29, 0.717) is 18.2 Å². The van der Waals surface area contributed by atoms with Gasteiger partial charge in [0.1, 0.15) is 6.33 Å². The van der Waals surface area contributed by atoms with Crippen LogP contribution >= 0.6 is 11.3 Å². The largest absolute Gasteiger partial charge is 0.421 e.